The summed E-state index contributed by atoms with van der Waals surface area (Å²) in [6.45, 7) is 7.54. The van der Waals surface area contributed by atoms with Crippen LogP contribution in [0.2, 0.25) is 0 Å². The van der Waals surface area contributed by atoms with Gasteiger partial charge >= 0.3 is 0 Å². The summed E-state index contributed by atoms with van der Waals surface area (Å²) in [4.78, 5) is 14.6. The smallest absolute Gasteiger partial charge is 0.227 e. The van der Waals surface area contributed by atoms with Crippen molar-refractivity contribution < 1.29 is 9.53 Å². The first-order valence-electron chi connectivity index (χ1n) is 7.24. The quantitative estimate of drug-likeness (QED) is 0.753. The zero-order valence-electron chi connectivity index (χ0n) is 12.1. The minimum absolute atomic E-state index is 0.163. The maximum absolute atomic E-state index is 12.6. The summed E-state index contributed by atoms with van der Waals surface area (Å²) < 4.78 is 5.14. The largest absolute Gasteiger partial charge is 0.383 e. The van der Waals surface area contributed by atoms with Crippen LogP contribution in [0.4, 0.5) is 0 Å². The van der Waals surface area contributed by atoms with Crippen LogP contribution in [0.25, 0.3) is 0 Å². The SMILES string of the molecule is CCC(CC)N(CCOC)C(=O)[C@@H]1CCCNC1. The first-order chi connectivity index (χ1) is 8.74. The van der Waals surface area contributed by atoms with Gasteiger partial charge in [0, 0.05) is 26.2 Å². The number of carbonyl (C=O) groups excluding carboxylic acids is 1. The molecule has 1 aliphatic heterocycles. The Labute approximate surface area is 111 Å². The van der Waals surface area contributed by atoms with Crippen LogP contribution >= 0.6 is 0 Å². The van der Waals surface area contributed by atoms with Crippen molar-refractivity contribution in [2.45, 2.75) is 45.6 Å². The predicted octanol–water partition coefficient (Wildman–Crippen LogP) is 1.65. The molecule has 1 amide bonds. The molecule has 1 N–H and O–H groups in total. The van der Waals surface area contributed by atoms with E-state index in [-0.39, 0.29) is 5.92 Å². The van der Waals surface area contributed by atoms with Crippen molar-refractivity contribution in [2.75, 3.05) is 33.4 Å². The third-order valence-corrected chi connectivity index (χ3v) is 3.85. The number of amides is 1. The van der Waals surface area contributed by atoms with E-state index in [0.29, 0.717) is 18.6 Å². The molecule has 1 atom stereocenters. The highest BCUT2D eigenvalue weighted by Gasteiger charge is 2.28. The molecular weight excluding hydrogens is 228 g/mol. The number of methoxy groups -OCH3 is 1. The van der Waals surface area contributed by atoms with Crippen molar-refractivity contribution in [1.82, 2.24) is 10.2 Å². The Kier molecular flexibility index (Phi) is 7.28. The van der Waals surface area contributed by atoms with E-state index in [1.807, 2.05) is 4.90 Å². The Morgan fingerprint density at radius 3 is 2.67 bits per heavy atom. The van der Waals surface area contributed by atoms with Gasteiger partial charge in [0.25, 0.3) is 0 Å². The highest BCUT2D eigenvalue weighted by molar-refractivity contribution is 5.79. The molecule has 4 heteroatoms. The number of ether oxygens (including phenoxy) is 1. The zero-order valence-corrected chi connectivity index (χ0v) is 12.1. The maximum atomic E-state index is 12.6. The highest BCUT2D eigenvalue weighted by atomic mass is 16.5. The number of rotatable bonds is 7. The van der Waals surface area contributed by atoms with Crippen LogP contribution in [-0.2, 0) is 9.53 Å². The average molecular weight is 256 g/mol. The van der Waals surface area contributed by atoms with Crippen LogP contribution in [0.5, 0.6) is 0 Å². The molecule has 0 aliphatic carbocycles. The molecule has 0 unspecified atom stereocenters. The van der Waals surface area contributed by atoms with Crippen LogP contribution in [0, 0.1) is 5.92 Å². The Bertz CT molecular complexity index is 236. The number of nitrogens with one attached hydrogen (secondary N) is 1. The number of hydrogen-bond acceptors (Lipinski definition) is 3. The highest BCUT2D eigenvalue weighted by Crippen LogP contribution is 2.17. The number of carbonyl (C=O) groups is 1. The van der Waals surface area contributed by atoms with Crippen LogP contribution in [0.3, 0.4) is 0 Å². The normalized spacial score (nSPS) is 20.1. The fraction of sp³-hybridized carbons (Fsp3) is 0.929. The first-order valence-corrected chi connectivity index (χ1v) is 7.24. The van der Waals surface area contributed by atoms with E-state index >= 15 is 0 Å². The molecule has 1 fully saturated rings. The Balaban J connectivity index is 2.63. The fourth-order valence-electron chi connectivity index (χ4n) is 2.69. The summed E-state index contributed by atoms with van der Waals surface area (Å²) in [7, 11) is 1.69. The first kappa shape index (κ1) is 15.4. The van der Waals surface area contributed by atoms with Gasteiger partial charge in [-0.3, -0.25) is 4.79 Å². The molecule has 1 heterocycles. The standard InChI is InChI=1S/C14H28N2O2/c1-4-13(5-2)16(9-10-18-3)14(17)12-7-6-8-15-11-12/h12-13,15H,4-11H2,1-3H3/t12-/m1/s1. The van der Waals surface area contributed by atoms with Crippen LogP contribution in [0.15, 0.2) is 0 Å². The van der Waals surface area contributed by atoms with Gasteiger partial charge in [-0.1, -0.05) is 13.8 Å². The van der Waals surface area contributed by atoms with E-state index in [0.717, 1.165) is 45.3 Å². The van der Waals surface area contributed by atoms with E-state index < -0.39 is 0 Å². The second-order valence-corrected chi connectivity index (χ2v) is 5.04. The van der Waals surface area contributed by atoms with Gasteiger partial charge in [-0.05, 0) is 32.2 Å². The van der Waals surface area contributed by atoms with Crippen LogP contribution < -0.4 is 5.32 Å². The molecule has 1 rings (SSSR count). The van der Waals surface area contributed by atoms with Crippen molar-refractivity contribution in [1.29, 1.82) is 0 Å². The average Bonchev–Trinajstić information content (AvgIpc) is 2.43. The second-order valence-electron chi connectivity index (χ2n) is 5.04. The summed E-state index contributed by atoms with van der Waals surface area (Å²) in [5, 5.41) is 3.32. The molecule has 0 saturated carbocycles. The molecule has 0 bridgehead atoms. The zero-order chi connectivity index (χ0) is 13.4. The lowest BCUT2D eigenvalue weighted by molar-refractivity contribution is -0.139. The third-order valence-electron chi connectivity index (χ3n) is 3.85. The van der Waals surface area contributed by atoms with Crippen molar-refractivity contribution in [3.8, 4) is 0 Å². The minimum Gasteiger partial charge on any atom is -0.383 e. The number of hydrogen-bond donors (Lipinski definition) is 1. The predicted molar refractivity (Wildman–Crippen MR) is 73.6 cm³/mol. The molecule has 0 radical (unpaired) electrons. The lowest BCUT2D eigenvalue weighted by atomic mass is 9.96. The summed E-state index contributed by atoms with van der Waals surface area (Å²) in [6, 6.07) is 0.356. The van der Waals surface area contributed by atoms with Gasteiger partial charge in [0.1, 0.15) is 0 Å². The number of nitrogens with zero attached hydrogens (tertiary/aromatic N) is 1. The summed E-state index contributed by atoms with van der Waals surface area (Å²) in [5.74, 6) is 0.476. The maximum Gasteiger partial charge on any atom is 0.227 e. The van der Waals surface area contributed by atoms with E-state index in [4.69, 9.17) is 4.74 Å². The summed E-state index contributed by atoms with van der Waals surface area (Å²) in [5.41, 5.74) is 0. The minimum atomic E-state index is 0.163. The molecule has 0 aromatic carbocycles. The lowest BCUT2D eigenvalue weighted by Gasteiger charge is -2.34. The molecule has 1 saturated heterocycles. The van der Waals surface area contributed by atoms with Crippen molar-refractivity contribution >= 4 is 5.91 Å². The lowest BCUT2D eigenvalue weighted by Crippen LogP contribution is -2.48. The van der Waals surface area contributed by atoms with Crippen LogP contribution in [0.1, 0.15) is 39.5 Å². The molecule has 18 heavy (non-hydrogen) atoms. The monoisotopic (exact) mass is 256 g/mol. The van der Waals surface area contributed by atoms with E-state index in [9.17, 15) is 4.79 Å². The third kappa shape index (κ3) is 4.25. The van der Waals surface area contributed by atoms with E-state index in [1.165, 1.54) is 0 Å². The topological polar surface area (TPSA) is 41.6 Å². The Hall–Kier alpha value is -0.610. The van der Waals surface area contributed by atoms with Crippen LogP contribution in [-0.4, -0.2) is 50.2 Å². The summed E-state index contributed by atoms with van der Waals surface area (Å²) >= 11 is 0. The fourth-order valence-corrected chi connectivity index (χ4v) is 2.69. The van der Waals surface area contributed by atoms with E-state index in [1.54, 1.807) is 7.11 Å². The molecular formula is C14H28N2O2. The van der Waals surface area contributed by atoms with Gasteiger partial charge in [-0.25, -0.2) is 0 Å². The summed E-state index contributed by atoms with van der Waals surface area (Å²) in [6.07, 6.45) is 4.17. The molecule has 0 spiro atoms. The van der Waals surface area contributed by atoms with Gasteiger partial charge < -0.3 is 15.0 Å². The Morgan fingerprint density at radius 2 is 2.17 bits per heavy atom. The molecule has 4 nitrogen and oxygen atoms in total. The van der Waals surface area contributed by atoms with Gasteiger partial charge in [-0.15, -0.1) is 0 Å². The van der Waals surface area contributed by atoms with Gasteiger partial charge in [0.15, 0.2) is 0 Å². The van der Waals surface area contributed by atoms with Gasteiger partial charge in [0.05, 0.1) is 12.5 Å². The van der Waals surface area contributed by atoms with Gasteiger partial charge in [-0.2, -0.15) is 0 Å². The van der Waals surface area contributed by atoms with Gasteiger partial charge in [0.2, 0.25) is 5.91 Å². The van der Waals surface area contributed by atoms with Crippen molar-refractivity contribution in [3.63, 3.8) is 0 Å². The van der Waals surface area contributed by atoms with Crippen molar-refractivity contribution in [3.05, 3.63) is 0 Å². The Morgan fingerprint density at radius 1 is 1.44 bits per heavy atom. The molecule has 0 aromatic heterocycles. The number of piperidine rings is 1. The molecule has 1 aliphatic rings. The molecule has 0 aromatic rings. The van der Waals surface area contributed by atoms with Crippen molar-refractivity contribution in [2.24, 2.45) is 5.92 Å². The molecule has 106 valence electrons. The second kappa shape index (κ2) is 8.48. The van der Waals surface area contributed by atoms with E-state index in [2.05, 4.69) is 19.2 Å².